The Balaban J connectivity index is 1.79. The Morgan fingerprint density at radius 1 is 1.25 bits per heavy atom. The number of amides is 1. The van der Waals surface area contributed by atoms with Crippen LogP contribution in [0.2, 0.25) is 0 Å². The van der Waals surface area contributed by atoms with E-state index in [2.05, 4.69) is 16.8 Å². The third kappa shape index (κ3) is 4.70. The van der Waals surface area contributed by atoms with Crippen LogP contribution in [-0.4, -0.2) is 37.0 Å². The van der Waals surface area contributed by atoms with E-state index in [-0.39, 0.29) is 5.91 Å². The fraction of sp³-hybridized carbons (Fsp3) is 0.438. The summed E-state index contributed by atoms with van der Waals surface area (Å²) in [5, 5.41) is 2.92. The van der Waals surface area contributed by atoms with Gasteiger partial charge in [0.2, 0.25) is 5.91 Å². The molecule has 0 atom stereocenters. The Morgan fingerprint density at radius 3 is 2.60 bits per heavy atom. The first-order valence-corrected chi connectivity index (χ1v) is 7.14. The normalized spacial score (nSPS) is 15.6. The van der Waals surface area contributed by atoms with Crippen molar-refractivity contribution in [3.05, 3.63) is 36.9 Å². The van der Waals surface area contributed by atoms with Crippen molar-refractivity contribution in [3.8, 4) is 5.75 Å². The third-order valence-electron chi connectivity index (χ3n) is 3.32. The van der Waals surface area contributed by atoms with Crippen LogP contribution in [-0.2, 0) is 4.79 Å². The van der Waals surface area contributed by atoms with Gasteiger partial charge in [-0.1, -0.05) is 19.1 Å². The number of hydrogen-bond acceptors (Lipinski definition) is 3. The minimum atomic E-state index is 0.0478. The molecule has 0 bridgehead atoms. The minimum absolute atomic E-state index is 0.0478. The number of piperidine rings is 1. The molecule has 4 nitrogen and oxygen atoms in total. The molecule has 4 heteroatoms. The fourth-order valence-electron chi connectivity index (χ4n) is 2.31. The lowest BCUT2D eigenvalue weighted by atomic mass is 10.1. The summed E-state index contributed by atoms with van der Waals surface area (Å²) in [5.41, 5.74) is 0.804. The largest absolute Gasteiger partial charge is 0.490 e. The standard InChI is InChI=1S/C16H22N2O2/c1-2-12-20-15-8-6-14(7-9-15)17-16(19)13-18-10-4-3-5-11-18/h2,6-9H,1,3-5,10-13H2,(H,17,19). The van der Waals surface area contributed by atoms with E-state index < -0.39 is 0 Å². The van der Waals surface area contributed by atoms with E-state index in [1.165, 1.54) is 19.3 Å². The van der Waals surface area contributed by atoms with E-state index >= 15 is 0 Å². The smallest absolute Gasteiger partial charge is 0.238 e. The number of hydrogen-bond donors (Lipinski definition) is 1. The zero-order valence-electron chi connectivity index (χ0n) is 11.8. The molecule has 0 radical (unpaired) electrons. The maximum absolute atomic E-state index is 11.9. The second kappa shape index (κ2) is 7.70. The molecule has 1 aliphatic heterocycles. The molecule has 20 heavy (non-hydrogen) atoms. The second-order valence-corrected chi connectivity index (χ2v) is 5.01. The van der Waals surface area contributed by atoms with Gasteiger partial charge in [0.25, 0.3) is 0 Å². The molecule has 1 N–H and O–H groups in total. The first-order chi connectivity index (χ1) is 9.78. The van der Waals surface area contributed by atoms with Gasteiger partial charge < -0.3 is 10.1 Å². The summed E-state index contributed by atoms with van der Waals surface area (Å²) in [6.45, 7) is 6.63. The Morgan fingerprint density at radius 2 is 1.95 bits per heavy atom. The van der Waals surface area contributed by atoms with Gasteiger partial charge in [-0.25, -0.2) is 0 Å². The zero-order valence-corrected chi connectivity index (χ0v) is 11.8. The topological polar surface area (TPSA) is 41.6 Å². The van der Waals surface area contributed by atoms with E-state index in [9.17, 15) is 4.79 Å². The Kier molecular flexibility index (Phi) is 5.62. The Labute approximate surface area is 120 Å². The van der Waals surface area contributed by atoms with Gasteiger partial charge in [-0.05, 0) is 50.2 Å². The molecule has 2 rings (SSSR count). The molecule has 0 unspecified atom stereocenters. The maximum atomic E-state index is 11.9. The number of carbonyl (C=O) groups is 1. The van der Waals surface area contributed by atoms with E-state index in [4.69, 9.17) is 4.74 Å². The van der Waals surface area contributed by atoms with Crippen molar-refractivity contribution in [2.75, 3.05) is 31.6 Å². The highest BCUT2D eigenvalue weighted by atomic mass is 16.5. The highest BCUT2D eigenvalue weighted by Gasteiger charge is 2.13. The van der Waals surface area contributed by atoms with E-state index in [0.717, 1.165) is 24.5 Å². The average molecular weight is 274 g/mol. The fourth-order valence-corrected chi connectivity index (χ4v) is 2.31. The predicted octanol–water partition coefficient (Wildman–Crippen LogP) is 2.68. The Hall–Kier alpha value is -1.81. The quantitative estimate of drug-likeness (QED) is 0.811. The maximum Gasteiger partial charge on any atom is 0.238 e. The van der Waals surface area contributed by atoms with Crippen LogP contribution in [0, 0.1) is 0 Å². The summed E-state index contributed by atoms with van der Waals surface area (Å²) in [7, 11) is 0. The van der Waals surface area contributed by atoms with Crippen LogP contribution in [0.15, 0.2) is 36.9 Å². The second-order valence-electron chi connectivity index (χ2n) is 5.01. The lowest BCUT2D eigenvalue weighted by Gasteiger charge is -2.25. The van der Waals surface area contributed by atoms with Crippen molar-refractivity contribution in [3.63, 3.8) is 0 Å². The highest BCUT2D eigenvalue weighted by molar-refractivity contribution is 5.92. The number of benzene rings is 1. The van der Waals surface area contributed by atoms with Crippen LogP contribution in [0.1, 0.15) is 19.3 Å². The number of carbonyl (C=O) groups excluding carboxylic acids is 1. The monoisotopic (exact) mass is 274 g/mol. The lowest BCUT2D eigenvalue weighted by Crippen LogP contribution is -2.36. The van der Waals surface area contributed by atoms with Crippen molar-refractivity contribution < 1.29 is 9.53 Å². The molecule has 1 fully saturated rings. The van der Waals surface area contributed by atoms with E-state index in [0.29, 0.717) is 13.2 Å². The summed E-state index contributed by atoms with van der Waals surface area (Å²) >= 11 is 0. The number of nitrogens with one attached hydrogen (secondary N) is 1. The van der Waals surface area contributed by atoms with Gasteiger partial charge in [0, 0.05) is 5.69 Å². The molecule has 0 saturated carbocycles. The van der Waals surface area contributed by atoms with Crippen LogP contribution < -0.4 is 10.1 Å². The first-order valence-electron chi connectivity index (χ1n) is 7.14. The van der Waals surface area contributed by atoms with Crippen molar-refractivity contribution >= 4 is 11.6 Å². The van der Waals surface area contributed by atoms with Gasteiger partial charge in [0.05, 0.1) is 6.54 Å². The average Bonchev–Trinajstić information content (AvgIpc) is 2.47. The van der Waals surface area contributed by atoms with Gasteiger partial charge >= 0.3 is 0 Å². The van der Waals surface area contributed by atoms with Gasteiger partial charge in [-0.15, -0.1) is 0 Å². The minimum Gasteiger partial charge on any atom is -0.490 e. The van der Waals surface area contributed by atoms with Crippen LogP contribution >= 0.6 is 0 Å². The zero-order chi connectivity index (χ0) is 14.2. The molecule has 0 aromatic heterocycles. The molecule has 0 spiro atoms. The molecule has 1 aliphatic rings. The summed E-state index contributed by atoms with van der Waals surface area (Å²) in [4.78, 5) is 14.1. The molecule has 1 aromatic carbocycles. The summed E-state index contributed by atoms with van der Waals surface area (Å²) < 4.78 is 5.40. The van der Waals surface area contributed by atoms with Crippen molar-refractivity contribution in [1.29, 1.82) is 0 Å². The van der Waals surface area contributed by atoms with E-state index in [1.807, 2.05) is 24.3 Å². The molecule has 1 aromatic rings. The highest BCUT2D eigenvalue weighted by Crippen LogP contribution is 2.16. The molecule has 1 saturated heterocycles. The van der Waals surface area contributed by atoms with Gasteiger partial charge in [-0.2, -0.15) is 0 Å². The van der Waals surface area contributed by atoms with Crippen LogP contribution in [0.3, 0.4) is 0 Å². The number of likely N-dealkylation sites (tertiary alicyclic amines) is 1. The third-order valence-corrected chi connectivity index (χ3v) is 3.32. The van der Waals surface area contributed by atoms with Crippen LogP contribution in [0.4, 0.5) is 5.69 Å². The van der Waals surface area contributed by atoms with Crippen molar-refractivity contribution in [2.45, 2.75) is 19.3 Å². The van der Waals surface area contributed by atoms with Gasteiger partial charge in [0.15, 0.2) is 0 Å². The van der Waals surface area contributed by atoms with Crippen molar-refractivity contribution in [2.24, 2.45) is 0 Å². The summed E-state index contributed by atoms with van der Waals surface area (Å²) in [6, 6.07) is 7.40. The predicted molar refractivity (Wildman–Crippen MR) is 81.1 cm³/mol. The molecule has 0 aliphatic carbocycles. The summed E-state index contributed by atoms with van der Waals surface area (Å²) in [6.07, 6.45) is 5.38. The number of anilines is 1. The molecule has 108 valence electrons. The molecular weight excluding hydrogens is 252 g/mol. The SMILES string of the molecule is C=CCOc1ccc(NC(=O)CN2CCCCC2)cc1. The first kappa shape index (κ1) is 14.6. The summed E-state index contributed by atoms with van der Waals surface area (Å²) in [5.74, 6) is 0.825. The lowest BCUT2D eigenvalue weighted by molar-refractivity contribution is -0.117. The number of ether oxygens (including phenoxy) is 1. The van der Waals surface area contributed by atoms with Crippen LogP contribution in [0.25, 0.3) is 0 Å². The van der Waals surface area contributed by atoms with Gasteiger partial charge in [0.1, 0.15) is 12.4 Å². The van der Waals surface area contributed by atoms with Gasteiger partial charge in [-0.3, -0.25) is 9.69 Å². The van der Waals surface area contributed by atoms with Crippen LogP contribution in [0.5, 0.6) is 5.75 Å². The molecule has 1 amide bonds. The Bertz CT molecular complexity index is 436. The number of nitrogens with zero attached hydrogens (tertiary/aromatic N) is 1. The number of rotatable bonds is 6. The molecule has 1 heterocycles. The van der Waals surface area contributed by atoms with Crippen molar-refractivity contribution in [1.82, 2.24) is 4.90 Å². The van der Waals surface area contributed by atoms with E-state index in [1.54, 1.807) is 6.08 Å². The molecular formula is C16H22N2O2.